The molecule has 1 aromatic carbocycles. The molecule has 3 aliphatic rings. The molecule has 1 saturated heterocycles. The Morgan fingerprint density at radius 2 is 2.11 bits per heavy atom. The van der Waals surface area contributed by atoms with Gasteiger partial charge in [0.2, 0.25) is 0 Å². The van der Waals surface area contributed by atoms with Crippen molar-refractivity contribution in [2.45, 2.75) is 44.1 Å². The zero-order chi connectivity index (χ0) is 12.8. The van der Waals surface area contributed by atoms with Crippen LogP contribution in [-0.4, -0.2) is 31.1 Å². The second-order valence-electron chi connectivity index (χ2n) is 6.47. The van der Waals surface area contributed by atoms with Crippen LogP contribution in [0.3, 0.4) is 0 Å². The van der Waals surface area contributed by atoms with Crippen molar-refractivity contribution in [3.05, 3.63) is 29.3 Å². The van der Waals surface area contributed by atoms with Gasteiger partial charge in [-0.05, 0) is 61.8 Å². The highest BCUT2D eigenvalue weighted by atomic mass is 16.5. The Hall–Kier alpha value is -1.02. The number of hydrogen-bond acceptors (Lipinski definition) is 2. The first-order chi connectivity index (χ1) is 9.36. The Kier molecular flexibility index (Phi) is 2.80. The van der Waals surface area contributed by atoms with Crippen molar-refractivity contribution >= 4 is 0 Å². The van der Waals surface area contributed by atoms with Crippen LogP contribution < -0.4 is 4.74 Å². The molecular weight excluding hydrogens is 234 g/mol. The molecule has 0 unspecified atom stereocenters. The summed E-state index contributed by atoms with van der Waals surface area (Å²) in [5.41, 5.74) is 3.06. The number of likely N-dealkylation sites (tertiary alicyclic amines) is 1. The normalized spacial score (nSPS) is 29.9. The van der Waals surface area contributed by atoms with E-state index in [9.17, 15) is 0 Å². The summed E-state index contributed by atoms with van der Waals surface area (Å²) in [4.78, 5) is 2.78. The first kappa shape index (κ1) is 11.8. The van der Waals surface area contributed by atoms with Crippen molar-refractivity contribution in [3.63, 3.8) is 0 Å². The van der Waals surface area contributed by atoms with Crippen LogP contribution in [0, 0.1) is 5.92 Å². The zero-order valence-electron chi connectivity index (χ0n) is 11.8. The molecule has 1 saturated carbocycles. The van der Waals surface area contributed by atoms with Crippen LogP contribution in [0.5, 0.6) is 5.75 Å². The second kappa shape index (κ2) is 4.52. The highest BCUT2D eigenvalue weighted by Gasteiger charge is 2.40. The van der Waals surface area contributed by atoms with Crippen LogP contribution in [0.1, 0.15) is 42.7 Å². The fourth-order valence-electron chi connectivity index (χ4n) is 4.20. The smallest absolute Gasteiger partial charge is 0.122 e. The maximum atomic E-state index is 5.55. The lowest BCUT2D eigenvalue weighted by molar-refractivity contribution is 0.217. The molecular formula is C17H23NO. The van der Waals surface area contributed by atoms with E-state index in [0.29, 0.717) is 0 Å². The van der Waals surface area contributed by atoms with Crippen LogP contribution in [0.25, 0.3) is 0 Å². The summed E-state index contributed by atoms with van der Waals surface area (Å²) < 4.78 is 5.55. The number of nitrogens with zero attached hydrogens (tertiary/aromatic N) is 1. The predicted octanol–water partition coefficient (Wildman–Crippen LogP) is 3.21. The van der Waals surface area contributed by atoms with Gasteiger partial charge in [-0.1, -0.05) is 12.1 Å². The molecule has 0 aromatic heterocycles. The molecule has 0 spiro atoms. The van der Waals surface area contributed by atoms with Crippen molar-refractivity contribution in [3.8, 4) is 5.75 Å². The van der Waals surface area contributed by atoms with E-state index >= 15 is 0 Å². The molecule has 2 nitrogen and oxygen atoms in total. The number of benzene rings is 1. The molecule has 2 atom stereocenters. The van der Waals surface area contributed by atoms with Gasteiger partial charge in [0.15, 0.2) is 0 Å². The van der Waals surface area contributed by atoms with Crippen molar-refractivity contribution in [2.75, 3.05) is 20.2 Å². The molecule has 2 fully saturated rings. The minimum atomic E-state index is 0.762. The highest BCUT2D eigenvalue weighted by molar-refractivity contribution is 5.45. The van der Waals surface area contributed by atoms with Gasteiger partial charge in [0.1, 0.15) is 5.75 Å². The van der Waals surface area contributed by atoms with E-state index in [1.54, 1.807) is 12.7 Å². The second-order valence-corrected chi connectivity index (χ2v) is 6.47. The van der Waals surface area contributed by atoms with Crippen molar-refractivity contribution in [2.24, 2.45) is 5.92 Å². The molecule has 1 heterocycles. The number of methoxy groups -OCH3 is 1. The fraction of sp³-hybridized carbons (Fsp3) is 0.647. The summed E-state index contributed by atoms with van der Waals surface area (Å²) in [6.07, 6.45) is 6.81. The number of rotatable bonds is 3. The quantitative estimate of drug-likeness (QED) is 0.824. The summed E-state index contributed by atoms with van der Waals surface area (Å²) in [6, 6.07) is 7.44. The molecule has 0 amide bonds. The third kappa shape index (κ3) is 1.97. The standard InChI is InChI=1S/C17H23NO/c1-19-17-4-2-3-13-14-9-10-18(11-12-5-6-12)16(14)8-7-15(13)17/h2-4,12,14,16H,5-11H2,1H3/t14-,16+/m1/s1. The third-order valence-electron chi connectivity index (χ3n) is 5.33. The van der Waals surface area contributed by atoms with Crippen LogP contribution in [0.15, 0.2) is 18.2 Å². The molecule has 19 heavy (non-hydrogen) atoms. The van der Waals surface area contributed by atoms with E-state index in [4.69, 9.17) is 4.74 Å². The number of hydrogen-bond donors (Lipinski definition) is 0. The van der Waals surface area contributed by atoms with Gasteiger partial charge in [0.25, 0.3) is 0 Å². The largest absolute Gasteiger partial charge is 0.496 e. The van der Waals surface area contributed by atoms with Gasteiger partial charge in [-0.25, -0.2) is 0 Å². The molecule has 4 rings (SSSR count). The Morgan fingerprint density at radius 3 is 2.89 bits per heavy atom. The Morgan fingerprint density at radius 1 is 1.21 bits per heavy atom. The maximum Gasteiger partial charge on any atom is 0.122 e. The Balaban J connectivity index is 1.62. The predicted molar refractivity (Wildman–Crippen MR) is 76.8 cm³/mol. The monoisotopic (exact) mass is 257 g/mol. The summed E-state index contributed by atoms with van der Waals surface area (Å²) >= 11 is 0. The fourth-order valence-corrected chi connectivity index (χ4v) is 4.20. The topological polar surface area (TPSA) is 12.5 Å². The number of ether oxygens (including phenoxy) is 1. The molecule has 0 radical (unpaired) electrons. The Labute approximate surface area is 115 Å². The molecule has 2 heteroatoms. The van der Waals surface area contributed by atoms with Gasteiger partial charge in [-0.15, -0.1) is 0 Å². The van der Waals surface area contributed by atoms with Crippen LogP contribution >= 0.6 is 0 Å². The Bertz CT molecular complexity index is 480. The van der Waals surface area contributed by atoms with Crippen LogP contribution in [-0.2, 0) is 6.42 Å². The molecule has 2 aliphatic carbocycles. The average molecular weight is 257 g/mol. The summed E-state index contributed by atoms with van der Waals surface area (Å²) in [7, 11) is 1.80. The zero-order valence-corrected chi connectivity index (χ0v) is 11.8. The van der Waals surface area contributed by atoms with Crippen molar-refractivity contribution < 1.29 is 4.74 Å². The lowest BCUT2D eigenvalue weighted by atomic mass is 9.79. The van der Waals surface area contributed by atoms with Crippen LogP contribution in [0.4, 0.5) is 0 Å². The minimum Gasteiger partial charge on any atom is -0.496 e. The van der Waals surface area contributed by atoms with Crippen molar-refractivity contribution in [1.82, 2.24) is 4.90 Å². The van der Waals surface area contributed by atoms with Crippen LogP contribution in [0.2, 0.25) is 0 Å². The van der Waals surface area contributed by atoms with Crippen molar-refractivity contribution in [1.29, 1.82) is 0 Å². The number of fused-ring (bicyclic) bond motifs is 3. The van der Waals surface area contributed by atoms with Gasteiger partial charge < -0.3 is 4.74 Å². The van der Waals surface area contributed by atoms with Gasteiger partial charge in [0.05, 0.1) is 7.11 Å². The van der Waals surface area contributed by atoms with E-state index in [0.717, 1.165) is 23.6 Å². The van der Waals surface area contributed by atoms with E-state index in [1.165, 1.54) is 50.8 Å². The van der Waals surface area contributed by atoms with E-state index in [-0.39, 0.29) is 0 Å². The summed E-state index contributed by atoms with van der Waals surface area (Å²) in [6.45, 7) is 2.67. The molecule has 1 aliphatic heterocycles. The van der Waals surface area contributed by atoms with Gasteiger partial charge in [-0.2, -0.15) is 0 Å². The maximum absolute atomic E-state index is 5.55. The summed E-state index contributed by atoms with van der Waals surface area (Å²) in [5.74, 6) is 2.89. The van der Waals surface area contributed by atoms with E-state index < -0.39 is 0 Å². The highest BCUT2D eigenvalue weighted by Crippen LogP contribution is 2.45. The lowest BCUT2D eigenvalue weighted by Crippen LogP contribution is -2.36. The van der Waals surface area contributed by atoms with Gasteiger partial charge in [-0.3, -0.25) is 4.90 Å². The first-order valence-corrected chi connectivity index (χ1v) is 7.76. The molecule has 102 valence electrons. The average Bonchev–Trinajstić information content (AvgIpc) is 3.17. The molecule has 1 aromatic rings. The molecule has 0 bridgehead atoms. The SMILES string of the molecule is COc1cccc2c1CC[C@H]1[C@@H]2CCN1CC1CC1. The third-order valence-corrected chi connectivity index (χ3v) is 5.33. The minimum absolute atomic E-state index is 0.762. The van der Waals surface area contributed by atoms with Gasteiger partial charge in [0, 0.05) is 18.5 Å². The summed E-state index contributed by atoms with van der Waals surface area (Å²) in [5, 5.41) is 0. The lowest BCUT2D eigenvalue weighted by Gasteiger charge is -2.34. The first-order valence-electron chi connectivity index (χ1n) is 7.76. The van der Waals surface area contributed by atoms with E-state index in [1.807, 2.05) is 0 Å². The van der Waals surface area contributed by atoms with Gasteiger partial charge >= 0.3 is 0 Å². The molecule has 0 N–H and O–H groups in total. The van der Waals surface area contributed by atoms with E-state index in [2.05, 4.69) is 23.1 Å².